The molecule has 0 saturated carbocycles. The van der Waals surface area contributed by atoms with Crippen LogP contribution in [0.5, 0.6) is 0 Å². The third-order valence-electron chi connectivity index (χ3n) is 1.67. The predicted octanol–water partition coefficient (Wildman–Crippen LogP) is 2.23. The van der Waals surface area contributed by atoms with Crippen molar-refractivity contribution in [1.82, 2.24) is 9.97 Å². The second kappa shape index (κ2) is 2.81. The SMILES string of the molecule is O=[N+]([O-])c1cc(Br)nc2[nH]ccc12. The zero-order valence-corrected chi connectivity index (χ0v) is 7.91. The van der Waals surface area contributed by atoms with Gasteiger partial charge in [-0.1, -0.05) is 0 Å². The fourth-order valence-corrected chi connectivity index (χ4v) is 1.53. The Morgan fingerprint density at radius 2 is 2.38 bits per heavy atom. The minimum atomic E-state index is -0.428. The van der Waals surface area contributed by atoms with Crippen LogP contribution in [0.3, 0.4) is 0 Å². The third kappa shape index (κ3) is 1.29. The molecule has 0 bridgehead atoms. The molecule has 2 heterocycles. The van der Waals surface area contributed by atoms with Crippen molar-refractivity contribution in [3.8, 4) is 0 Å². The number of nitrogens with zero attached hydrogens (tertiary/aromatic N) is 2. The van der Waals surface area contributed by atoms with Gasteiger partial charge >= 0.3 is 0 Å². The highest BCUT2D eigenvalue weighted by atomic mass is 79.9. The summed E-state index contributed by atoms with van der Waals surface area (Å²) in [7, 11) is 0. The van der Waals surface area contributed by atoms with Crippen molar-refractivity contribution in [2.24, 2.45) is 0 Å². The number of rotatable bonds is 1. The predicted molar refractivity (Wildman–Crippen MR) is 50.4 cm³/mol. The Labute approximate surface area is 81.1 Å². The van der Waals surface area contributed by atoms with E-state index in [0.29, 0.717) is 15.6 Å². The number of nitrogens with one attached hydrogen (secondary N) is 1. The maximum atomic E-state index is 10.6. The first-order chi connectivity index (χ1) is 6.18. The van der Waals surface area contributed by atoms with E-state index in [-0.39, 0.29) is 5.69 Å². The number of nitro groups is 1. The highest BCUT2D eigenvalue weighted by Crippen LogP contribution is 2.26. The summed E-state index contributed by atoms with van der Waals surface area (Å²) >= 11 is 3.10. The fourth-order valence-electron chi connectivity index (χ4n) is 1.14. The summed E-state index contributed by atoms with van der Waals surface area (Å²) in [5, 5.41) is 11.1. The minimum Gasteiger partial charge on any atom is -0.346 e. The van der Waals surface area contributed by atoms with Crippen LogP contribution < -0.4 is 0 Å². The first-order valence-corrected chi connectivity index (χ1v) is 4.26. The molecule has 0 aliphatic carbocycles. The van der Waals surface area contributed by atoms with Gasteiger partial charge in [-0.15, -0.1) is 0 Å². The lowest BCUT2D eigenvalue weighted by molar-refractivity contribution is -0.383. The Kier molecular flexibility index (Phi) is 1.77. The summed E-state index contributed by atoms with van der Waals surface area (Å²) in [6.45, 7) is 0. The summed E-state index contributed by atoms with van der Waals surface area (Å²) in [4.78, 5) is 17.0. The molecule has 2 rings (SSSR count). The van der Waals surface area contributed by atoms with E-state index >= 15 is 0 Å². The molecule has 6 heteroatoms. The molecule has 0 aliphatic rings. The smallest absolute Gasteiger partial charge is 0.283 e. The van der Waals surface area contributed by atoms with E-state index in [1.54, 1.807) is 12.3 Å². The third-order valence-corrected chi connectivity index (χ3v) is 2.08. The fraction of sp³-hybridized carbons (Fsp3) is 0. The number of H-pyrrole nitrogens is 1. The van der Waals surface area contributed by atoms with E-state index in [1.807, 2.05) is 0 Å². The van der Waals surface area contributed by atoms with Crippen molar-refractivity contribution in [2.75, 3.05) is 0 Å². The summed E-state index contributed by atoms with van der Waals surface area (Å²) < 4.78 is 0.453. The van der Waals surface area contributed by atoms with Crippen LogP contribution >= 0.6 is 15.9 Å². The average molecular weight is 242 g/mol. The Bertz CT molecular complexity index is 480. The van der Waals surface area contributed by atoms with Crippen LogP contribution in [0.25, 0.3) is 11.0 Å². The van der Waals surface area contributed by atoms with Gasteiger partial charge in [0.05, 0.1) is 10.3 Å². The van der Waals surface area contributed by atoms with E-state index in [4.69, 9.17) is 0 Å². The number of fused-ring (bicyclic) bond motifs is 1. The monoisotopic (exact) mass is 241 g/mol. The van der Waals surface area contributed by atoms with Crippen LogP contribution in [-0.4, -0.2) is 14.9 Å². The van der Waals surface area contributed by atoms with Gasteiger partial charge in [0.2, 0.25) is 0 Å². The molecule has 0 unspecified atom stereocenters. The number of pyridine rings is 1. The quantitative estimate of drug-likeness (QED) is 0.473. The lowest BCUT2D eigenvalue weighted by Gasteiger charge is -1.94. The highest BCUT2D eigenvalue weighted by Gasteiger charge is 2.14. The van der Waals surface area contributed by atoms with Gasteiger partial charge in [0.15, 0.2) is 0 Å². The topological polar surface area (TPSA) is 71.8 Å². The molecule has 1 N–H and O–H groups in total. The van der Waals surface area contributed by atoms with Crippen molar-refractivity contribution in [1.29, 1.82) is 0 Å². The van der Waals surface area contributed by atoms with Gasteiger partial charge in [0, 0.05) is 12.3 Å². The molecule has 0 radical (unpaired) electrons. The molecule has 2 aromatic heterocycles. The maximum absolute atomic E-state index is 10.6. The van der Waals surface area contributed by atoms with Gasteiger partial charge in [-0.3, -0.25) is 10.1 Å². The second-order valence-electron chi connectivity index (χ2n) is 2.46. The standard InChI is InChI=1S/C7H4BrN3O2/c8-6-3-5(11(12)13)4-1-2-9-7(4)10-6/h1-3H,(H,9,10). The van der Waals surface area contributed by atoms with Gasteiger partial charge in [0.25, 0.3) is 5.69 Å². The zero-order valence-electron chi connectivity index (χ0n) is 6.32. The first-order valence-electron chi connectivity index (χ1n) is 3.46. The molecule has 0 amide bonds. The van der Waals surface area contributed by atoms with Gasteiger partial charge in [0.1, 0.15) is 10.3 Å². The molecule has 0 fully saturated rings. The zero-order chi connectivity index (χ0) is 9.42. The number of halogens is 1. The highest BCUT2D eigenvalue weighted by molar-refractivity contribution is 9.10. The van der Waals surface area contributed by atoms with Crippen LogP contribution in [0.4, 0.5) is 5.69 Å². The van der Waals surface area contributed by atoms with E-state index in [2.05, 4.69) is 25.9 Å². The molecular weight excluding hydrogens is 238 g/mol. The summed E-state index contributed by atoms with van der Waals surface area (Å²) in [5.41, 5.74) is 0.569. The molecule has 0 atom stereocenters. The van der Waals surface area contributed by atoms with Crippen molar-refractivity contribution < 1.29 is 4.92 Å². The van der Waals surface area contributed by atoms with Crippen LogP contribution in [0.1, 0.15) is 0 Å². The lowest BCUT2D eigenvalue weighted by atomic mass is 10.3. The van der Waals surface area contributed by atoms with E-state index < -0.39 is 4.92 Å². The van der Waals surface area contributed by atoms with Crippen molar-refractivity contribution in [3.63, 3.8) is 0 Å². The Morgan fingerprint density at radius 3 is 3.08 bits per heavy atom. The normalized spacial score (nSPS) is 10.5. The molecule has 0 aliphatic heterocycles. The molecule has 2 aromatic rings. The second-order valence-corrected chi connectivity index (χ2v) is 3.27. The molecule has 0 saturated heterocycles. The van der Waals surface area contributed by atoms with Gasteiger partial charge < -0.3 is 4.98 Å². The molecule has 0 aromatic carbocycles. The molecule has 66 valence electrons. The van der Waals surface area contributed by atoms with Crippen molar-refractivity contribution >= 4 is 32.7 Å². The van der Waals surface area contributed by atoms with Crippen molar-refractivity contribution in [3.05, 3.63) is 33.0 Å². The van der Waals surface area contributed by atoms with Crippen LogP contribution in [-0.2, 0) is 0 Å². The molecular formula is C7H4BrN3O2. The lowest BCUT2D eigenvalue weighted by Crippen LogP contribution is -1.90. The van der Waals surface area contributed by atoms with Crippen LogP contribution in [0, 0.1) is 10.1 Å². The molecule has 0 spiro atoms. The Morgan fingerprint density at radius 1 is 1.62 bits per heavy atom. The van der Waals surface area contributed by atoms with Crippen LogP contribution in [0.15, 0.2) is 22.9 Å². The Hall–Kier alpha value is -1.43. The van der Waals surface area contributed by atoms with Gasteiger partial charge in [-0.05, 0) is 22.0 Å². The Balaban J connectivity index is 2.84. The van der Waals surface area contributed by atoms with Crippen LogP contribution in [0.2, 0.25) is 0 Å². The summed E-state index contributed by atoms with van der Waals surface area (Å²) in [6.07, 6.45) is 1.62. The van der Waals surface area contributed by atoms with Gasteiger partial charge in [-0.25, -0.2) is 4.98 Å². The number of hydrogen-bond acceptors (Lipinski definition) is 3. The maximum Gasteiger partial charge on any atom is 0.283 e. The minimum absolute atomic E-state index is 0.0538. The van der Waals surface area contributed by atoms with E-state index in [9.17, 15) is 10.1 Å². The summed E-state index contributed by atoms with van der Waals surface area (Å²) in [6, 6.07) is 3.02. The molecule has 13 heavy (non-hydrogen) atoms. The number of hydrogen-bond donors (Lipinski definition) is 1. The van der Waals surface area contributed by atoms with E-state index in [0.717, 1.165) is 0 Å². The largest absolute Gasteiger partial charge is 0.346 e. The van der Waals surface area contributed by atoms with Gasteiger partial charge in [-0.2, -0.15) is 0 Å². The molecule has 5 nitrogen and oxygen atoms in total. The summed E-state index contributed by atoms with van der Waals surface area (Å²) in [5.74, 6) is 0. The van der Waals surface area contributed by atoms with E-state index in [1.165, 1.54) is 6.07 Å². The number of aromatic amines is 1. The van der Waals surface area contributed by atoms with Crippen molar-refractivity contribution in [2.45, 2.75) is 0 Å². The first kappa shape index (κ1) is 8.18. The average Bonchev–Trinajstić information content (AvgIpc) is 2.49. The number of aromatic nitrogens is 2.